The van der Waals surface area contributed by atoms with Gasteiger partial charge in [-0.15, -0.1) is 0 Å². The van der Waals surface area contributed by atoms with E-state index in [9.17, 15) is 0 Å². The van der Waals surface area contributed by atoms with Gasteiger partial charge < -0.3 is 33.5 Å². The van der Waals surface area contributed by atoms with Crippen LogP contribution in [0.1, 0.15) is 68.4 Å². The predicted molar refractivity (Wildman–Crippen MR) is 413 cm³/mol. The van der Waals surface area contributed by atoms with Crippen molar-refractivity contribution in [3.8, 4) is 0 Å². The average Bonchev–Trinajstić information content (AvgIpc) is 1.43. The molecule has 3 atom stereocenters. The number of nitrogens with zero attached hydrogens (tertiary/aromatic N) is 6. The summed E-state index contributed by atoms with van der Waals surface area (Å²) < 4.78 is 40.3. The molecule has 3 heterocycles. The van der Waals surface area contributed by atoms with E-state index in [0.29, 0.717) is 99.7 Å². The molecule has 12 rings (SSSR count). The average molecular weight is 1660 g/mol. The van der Waals surface area contributed by atoms with E-state index in [1.54, 1.807) is 54.6 Å². The van der Waals surface area contributed by atoms with Crippen LogP contribution in [0.5, 0.6) is 0 Å². The van der Waals surface area contributed by atoms with Crippen molar-refractivity contribution in [2.75, 3.05) is 0 Å². The minimum absolute atomic E-state index is 0.295. The number of aryl methyl sites for hydroxylation is 6. The second-order valence-corrected chi connectivity index (χ2v) is 29.8. The molecule has 0 aliphatic heterocycles. The molecule has 12 aromatic rings. The molecule has 13 nitrogen and oxygen atoms in total. The van der Waals surface area contributed by atoms with Crippen LogP contribution in [0.15, 0.2) is 256 Å². The van der Waals surface area contributed by atoms with Gasteiger partial charge in [0.25, 0.3) is 0 Å². The van der Waals surface area contributed by atoms with Gasteiger partial charge in [-0.25, -0.2) is 27.4 Å². The van der Waals surface area contributed by atoms with Crippen molar-refractivity contribution >= 4 is 147 Å². The Bertz CT molecular complexity index is 4280. The zero-order valence-electron chi connectivity index (χ0n) is 55.5. The number of hydrogen-bond donors (Lipinski definition) is 0. The van der Waals surface area contributed by atoms with Gasteiger partial charge in [0.1, 0.15) is 75.1 Å². The number of imidazole rings is 3. The topological polar surface area (TPSA) is 140 Å². The van der Waals surface area contributed by atoms with Crippen molar-refractivity contribution in [1.82, 2.24) is 13.7 Å². The van der Waals surface area contributed by atoms with Gasteiger partial charge in [0.15, 0.2) is 0 Å². The van der Waals surface area contributed by atoms with Gasteiger partial charge in [-0.1, -0.05) is 267 Å². The number of ether oxygens (including phenoxy) is 3. The van der Waals surface area contributed by atoms with Crippen LogP contribution in [0.2, 0.25) is 60.3 Å². The number of aromatic nitrogens is 6. The molecular weight excluding hydrogens is 1590 g/mol. The summed E-state index contributed by atoms with van der Waals surface area (Å²) in [4.78, 5) is 25.6. The van der Waals surface area contributed by atoms with Crippen LogP contribution in [0.3, 0.4) is 0 Å². The maximum atomic E-state index is 8.55. The van der Waals surface area contributed by atoms with Crippen LogP contribution in [0, 0.1) is 0 Å². The van der Waals surface area contributed by atoms with Gasteiger partial charge in [0.05, 0.1) is 39.5 Å². The Balaban J connectivity index is 0.000000175. The molecule has 3 unspecified atom stereocenters. The third-order valence-electron chi connectivity index (χ3n) is 16.2. The van der Waals surface area contributed by atoms with E-state index in [2.05, 4.69) is 138 Å². The molecule has 3 aromatic heterocycles. The normalized spacial score (nSPS) is 12.1. The molecule has 0 N–H and O–H groups in total. The van der Waals surface area contributed by atoms with Crippen molar-refractivity contribution < 1.29 is 47.2 Å². The Kier molecular flexibility index (Phi) is 32.7. The summed E-state index contributed by atoms with van der Waals surface area (Å²) in [6.07, 6.45) is 20.6. The van der Waals surface area contributed by atoms with E-state index in [1.807, 2.05) is 91.4 Å². The minimum Gasteiger partial charge on any atom is -0.822 e. The first-order chi connectivity index (χ1) is 49.9. The Morgan fingerprint density at radius 1 is 0.327 bits per heavy atom. The summed E-state index contributed by atoms with van der Waals surface area (Å²) in [6, 6.07) is 63.9. The quantitative estimate of drug-likeness (QED) is 0.0369. The van der Waals surface area contributed by atoms with Gasteiger partial charge in [0.2, 0.25) is 19.0 Å². The fourth-order valence-corrected chi connectivity index (χ4v) is 13.8. The Hall–Kier alpha value is -5.92. The zero-order valence-corrected chi connectivity index (χ0v) is 65.5. The highest BCUT2D eigenvalue weighted by molar-refractivity contribution is 7.40. The number of benzene rings is 9. The van der Waals surface area contributed by atoms with Crippen molar-refractivity contribution in [1.29, 1.82) is 0 Å². The van der Waals surface area contributed by atoms with E-state index in [1.165, 1.54) is 16.7 Å². The van der Waals surface area contributed by atoms with E-state index in [-0.39, 0.29) is 18.3 Å². The van der Waals surface area contributed by atoms with Crippen molar-refractivity contribution in [3.63, 3.8) is 0 Å². The third-order valence-corrected chi connectivity index (χ3v) is 19.6. The summed E-state index contributed by atoms with van der Waals surface area (Å²) in [5.41, 5.74) is 9.14. The van der Waals surface area contributed by atoms with Gasteiger partial charge in [0, 0.05) is 96.2 Å². The maximum Gasteiger partial charge on any atom is 0.243 e. The SMILES string of the molecule is Clc1ccc(COC(C[n+]2ccn(CCc3ccccc3)c2)c2ccc(Cl)cc2Cl)c(Cl)c1.Clc1ccc(COC(C[n+]2ccn(CCc3ccccc3)c2)c2ccc(Cl)cc2Cl)c(Cl)c1.Clc1ccc(COC(C[n+]2ccn(CCc3ccccc3)c2)c2ccc(Cl)cc2Cl)c(Cl)c1.O=P([O-])([O-])[O-]. The second kappa shape index (κ2) is 41.4. The molecule has 0 bridgehead atoms. The molecule has 0 amide bonds. The number of phosphoric acid groups is 1. The summed E-state index contributed by atoms with van der Waals surface area (Å²) >= 11 is 75.0. The lowest BCUT2D eigenvalue weighted by atomic mass is 10.1. The number of hydrogen-bond acceptors (Lipinski definition) is 7. The third kappa shape index (κ3) is 27.7. The number of rotatable bonds is 27. The van der Waals surface area contributed by atoms with Crippen molar-refractivity contribution in [2.45, 2.75) is 96.7 Å². The molecule has 9 aromatic carbocycles. The highest BCUT2D eigenvalue weighted by Gasteiger charge is 2.25. The summed E-state index contributed by atoms with van der Waals surface area (Å²) in [6.45, 7) is 5.43. The monoisotopic (exact) mass is 1650 g/mol. The first kappa shape index (κ1) is 82.1. The van der Waals surface area contributed by atoms with Crippen molar-refractivity contribution in [3.05, 3.63) is 367 Å². The first-order valence-electron chi connectivity index (χ1n) is 32.4. The van der Waals surface area contributed by atoms with Gasteiger partial charge >= 0.3 is 0 Å². The van der Waals surface area contributed by atoms with Gasteiger partial charge in [-0.2, -0.15) is 7.82 Å². The van der Waals surface area contributed by atoms with E-state index in [4.69, 9.17) is 173 Å². The highest BCUT2D eigenvalue weighted by Crippen LogP contribution is 2.35. The molecule has 104 heavy (non-hydrogen) atoms. The van der Waals surface area contributed by atoms with Gasteiger partial charge in [-0.3, -0.25) is 0 Å². The predicted octanol–water partition coefficient (Wildman–Crippen LogP) is 19.9. The molecule has 542 valence electrons. The summed E-state index contributed by atoms with van der Waals surface area (Å²) in [7, 11) is -5.39. The Morgan fingerprint density at radius 2 is 0.558 bits per heavy atom. The standard InChI is InChI=1S/3C26H23Cl4N2O.H3O4P/c3*27-21-7-6-20(24(29)14-21)17-33-26(23-9-8-22(28)15-25(23)30)16-32-13-12-31(18-32)11-10-19-4-2-1-3-5-19;1-5(2,3)4/h3*1-9,12-15,18,26H,10-11,16-17H2;(H3,1,2,3,4)/q3*+1;/p-3. The highest BCUT2D eigenvalue weighted by atomic mass is 35.5. The van der Waals surface area contributed by atoms with E-state index in [0.717, 1.165) is 72.3 Å². The van der Waals surface area contributed by atoms with Crippen LogP contribution < -0.4 is 28.4 Å². The van der Waals surface area contributed by atoms with Crippen LogP contribution in [-0.4, -0.2) is 13.7 Å². The van der Waals surface area contributed by atoms with Crippen LogP contribution in [0.4, 0.5) is 0 Å². The second-order valence-electron chi connectivity index (χ2n) is 23.8. The fraction of sp³-hybridized carbons (Fsp3) is 0.192. The molecule has 0 saturated heterocycles. The largest absolute Gasteiger partial charge is 0.822 e. The lowest BCUT2D eigenvalue weighted by Gasteiger charge is -2.36. The minimum atomic E-state index is -5.39. The zero-order chi connectivity index (χ0) is 74.1. The van der Waals surface area contributed by atoms with Crippen LogP contribution in [-0.2, 0) is 97.1 Å². The lowest BCUT2D eigenvalue weighted by molar-refractivity contribution is -0.705. The summed E-state index contributed by atoms with van der Waals surface area (Å²) in [5.74, 6) is 0. The first-order valence-corrected chi connectivity index (χ1v) is 38.4. The lowest BCUT2D eigenvalue weighted by Crippen LogP contribution is -2.35. The molecule has 0 aliphatic carbocycles. The number of halogens is 12. The molecule has 0 radical (unpaired) electrons. The summed E-state index contributed by atoms with van der Waals surface area (Å²) in [5, 5.41) is 6.95. The van der Waals surface area contributed by atoms with E-state index >= 15 is 0 Å². The van der Waals surface area contributed by atoms with Crippen LogP contribution >= 0.6 is 147 Å². The Labute approximate surface area is 665 Å². The molecule has 26 heteroatoms. The molecular formula is C78H69Cl12N6O7P. The van der Waals surface area contributed by atoms with Crippen LogP contribution in [0.25, 0.3) is 0 Å². The van der Waals surface area contributed by atoms with Crippen molar-refractivity contribution in [2.24, 2.45) is 0 Å². The van der Waals surface area contributed by atoms with Gasteiger partial charge in [-0.05, 0) is 106 Å². The molecule has 0 aliphatic rings. The smallest absolute Gasteiger partial charge is 0.243 e. The molecule has 0 fully saturated rings. The Morgan fingerprint density at radius 3 is 0.788 bits per heavy atom. The molecule has 0 spiro atoms. The fourth-order valence-electron chi connectivity index (χ4n) is 10.8. The van der Waals surface area contributed by atoms with E-state index < -0.39 is 7.82 Å². The molecule has 0 saturated carbocycles. The maximum absolute atomic E-state index is 8.55.